The first kappa shape index (κ1) is 28.5. The van der Waals surface area contributed by atoms with Crippen molar-refractivity contribution in [3.05, 3.63) is 170 Å². The van der Waals surface area contributed by atoms with Gasteiger partial charge in [-0.3, -0.25) is 9.97 Å². The van der Waals surface area contributed by atoms with Crippen molar-refractivity contribution in [2.45, 2.75) is 9.79 Å². The summed E-state index contributed by atoms with van der Waals surface area (Å²) in [4.78, 5) is 19.6. The van der Waals surface area contributed by atoms with Crippen LogP contribution < -0.4 is 31.1 Å². The van der Waals surface area contributed by atoms with Crippen molar-refractivity contribution in [2.24, 2.45) is 0 Å². The van der Waals surface area contributed by atoms with E-state index in [0.29, 0.717) is 0 Å². The Kier molecular flexibility index (Phi) is 6.21. The Morgan fingerprint density at radius 2 is 1.02 bits per heavy atom. The predicted octanol–water partition coefficient (Wildman–Crippen LogP) is 9.65. The highest BCUT2D eigenvalue weighted by atomic mass is 32.2. The molecule has 7 aromatic carbocycles. The first-order valence-corrected chi connectivity index (χ1v) is 18.0. The first-order chi connectivity index (χ1) is 25.3. The largest absolute Gasteiger partial charge is 0.309 e. The summed E-state index contributed by atoms with van der Waals surface area (Å²) >= 11 is 1.87. The highest BCUT2D eigenvalue weighted by Crippen LogP contribution is 2.60. The van der Waals surface area contributed by atoms with Crippen LogP contribution in [0, 0.1) is 0 Å². The first-order valence-electron chi connectivity index (χ1n) is 17.2. The summed E-state index contributed by atoms with van der Waals surface area (Å²) in [7, 11) is 0. The van der Waals surface area contributed by atoms with E-state index in [-0.39, 0.29) is 6.71 Å². The zero-order chi connectivity index (χ0) is 33.5. The van der Waals surface area contributed by atoms with Crippen molar-refractivity contribution in [1.29, 1.82) is 0 Å². The summed E-state index contributed by atoms with van der Waals surface area (Å²) in [6.45, 7) is 0.0700. The van der Waals surface area contributed by atoms with E-state index in [1.165, 1.54) is 37.6 Å². The fourth-order valence-electron chi connectivity index (χ4n) is 8.28. The highest BCUT2D eigenvalue weighted by molar-refractivity contribution is 8.00. The van der Waals surface area contributed by atoms with E-state index < -0.39 is 0 Å². The molecule has 0 saturated heterocycles. The Balaban J connectivity index is 1.33. The van der Waals surface area contributed by atoms with Gasteiger partial charge < -0.3 is 14.7 Å². The highest BCUT2D eigenvalue weighted by Gasteiger charge is 2.46. The second-order valence-electron chi connectivity index (χ2n) is 13.0. The van der Waals surface area contributed by atoms with Gasteiger partial charge in [0.2, 0.25) is 6.71 Å². The van der Waals surface area contributed by atoms with Gasteiger partial charge in [-0.15, -0.1) is 0 Å². The predicted molar refractivity (Wildman–Crippen MR) is 212 cm³/mol. The molecule has 11 rings (SSSR count). The summed E-state index contributed by atoms with van der Waals surface area (Å²) in [5, 5.41) is 0. The van der Waals surface area contributed by atoms with Gasteiger partial charge in [0.15, 0.2) is 0 Å². The Bertz CT molecular complexity index is 2660. The number of hydrogen-bond donors (Lipinski definition) is 0. The number of hydrogen-bond acceptors (Lipinski definition) is 6. The molecule has 3 aliphatic heterocycles. The molecule has 1 aromatic heterocycles. The van der Waals surface area contributed by atoms with E-state index in [0.717, 1.165) is 50.8 Å². The Hall–Kier alpha value is -6.31. The second kappa shape index (κ2) is 11.1. The number of para-hydroxylation sites is 6. The molecule has 7 heteroatoms. The molecule has 0 bridgehead atoms. The molecule has 0 amide bonds. The smallest absolute Gasteiger partial charge is 0.249 e. The van der Waals surface area contributed by atoms with E-state index in [4.69, 9.17) is 9.97 Å². The van der Waals surface area contributed by atoms with Crippen molar-refractivity contribution in [1.82, 2.24) is 9.97 Å². The van der Waals surface area contributed by atoms with Gasteiger partial charge in [0.25, 0.3) is 0 Å². The van der Waals surface area contributed by atoms with Crippen LogP contribution in [0.15, 0.2) is 180 Å². The normalized spacial score (nSPS) is 13.6. The lowest BCUT2D eigenvalue weighted by atomic mass is 9.34. The molecule has 0 saturated carbocycles. The number of rotatable bonds is 3. The molecule has 8 aromatic rings. The van der Waals surface area contributed by atoms with Crippen molar-refractivity contribution >= 4 is 97.1 Å². The molecule has 238 valence electrons. The van der Waals surface area contributed by atoms with Crippen molar-refractivity contribution in [3.63, 3.8) is 0 Å². The third-order valence-corrected chi connectivity index (χ3v) is 11.4. The van der Waals surface area contributed by atoms with Crippen molar-refractivity contribution in [3.8, 4) is 0 Å². The molecular weight excluding hydrogens is 641 g/mol. The van der Waals surface area contributed by atoms with Gasteiger partial charge in [0.05, 0.1) is 39.6 Å². The van der Waals surface area contributed by atoms with Crippen LogP contribution in [0.3, 0.4) is 0 Å². The van der Waals surface area contributed by atoms with Crippen LogP contribution in [-0.4, -0.2) is 16.7 Å². The zero-order valence-electron chi connectivity index (χ0n) is 27.4. The van der Waals surface area contributed by atoms with Crippen LogP contribution in [0.1, 0.15) is 0 Å². The second-order valence-corrected chi connectivity index (χ2v) is 14.1. The van der Waals surface area contributed by atoms with E-state index in [1.54, 1.807) is 12.4 Å². The SMILES string of the molecule is c1ccc(N2c3ccccc3N(c3cccc4nccnc34)c3cc4c5c(c32)N(c2ccccc2)c2ccccc2B5c2ccccc2S4)cc1. The van der Waals surface area contributed by atoms with Crippen molar-refractivity contribution < 1.29 is 0 Å². The Labute approximate surface area is 300 Å². The van der Waals surface area contributed by atoms with Gasteiger partial charge in [-0.05, 0) is 77.7 Å². The standard InChI is InChI=1S/C44H28BN5S/c1-3-14-29(15-4-1)48-34-21-9-7-18-31(34)45-32-19-8-12-25-39(32)51-40-28-38-43(44(48)41(40)45)49(30-16-5-2-6-17-30)35-22-10-11-23-36(35)50(38)37-24-13-20-33-42(37)47-27-26-46-33/h1-28H. The summed E-state index contributed by atoms with van der Waals surface area (Å²) < 4.78 is 0. The van der Waals surface area contributed by atoms with Crippen LogP contribution >= 0.6 is 11.8 Å². The van der Waals surface area contributed by atoms with Gasteiger partial charge in [0.1, 0.15) is 5.52 Å². The third kappa shape index (κ3) is 4.13. The lowest BCUT2D eigenvalue weighted by Crippen LogP contribution is -2.60. The fourth-order valence-corrected chi connectivity index (χ4v) is 9.46. The van der Waals surface area contributed by atoms with E-state index in [1.807, 2.05) is 17.8 Å². The minimum absolute atomic E-state index is 0.0700. The lowest BCUT2D eigenvalue weighted by molar-refractivity contribution is 1.14. The number of nitrogens with zero attached hydrogens (tertiary/aromatic N) is 5. The van der Waals surface area contributed by atoms with Crippen LogP contribution in [0.4, 0.5) is 51.2 Å². The average molecular weight is 670 g/mol. The van der Waals surface area contributed by atoms with Crippen LogP contribution in [0.2, 0.25) is 0 Å². The van der Waals surface area contributed by atoms with Crippen molar-refractivity contribution in [2.75, 3.05) is 14.7 Å². The summed E-state index contributed by atoms with van der Waals surface area (Å²) in [6.07, 6.45) is 3.56. The summed E-state index contributed by atoms with van der Waals surface area (Å²) in [5.41, 5.74) is 15.7. The van der Waals surface area contributed by atoms with Gasteiger partial charge in [-0.1, -0.05) is 108 Å². The monoisotopic (exact) mass is 669 g/mol. The molecule has 3 aliphatic rings. The summed E-state index contributed by atoms with van der Waals surface area (Å²) in [6, 6.07) is 57.0. The maximum atomic E-state index is 4.92. The molecule has 0 fully saturated rings. The minimum atomic E-state index is 0.0700. The molecule has 51 heavy (non-hydrogen) atoms. The van der Waals surface area contributed by atoms with E-state index in [9.17, 15) is 0 Å². The number of benzene rings is 7. The fraction of sp³-hybridized carbons (Fsp3) is 0. The number of fused-ring (bicyclic) bond motifs is 8. The van der Waals surface area contributed by atoms with Crippen LogP contribution in [0.5, 0.6) is 0 Å². The number of aromatic nitrogens is 2. The van der Waals surface area contributed by atoms with Crippen LogP contribution in [-0.2, 0) is 0 Å². The maximum absolute atomic E-state index is 4.92. The topological polar surface area (TPSA) is 35.5 Å². The summed E-state index contributed by atoms with van der Waals surface area (Å²) in [5.74, 6) is 0. The molecular formula is C44H28BN5S. The van der Waals surface area contributed by atoms with Gasteiger partial charge in [-0.25, -0.2) is 0 Å². The quantitative estimate of drug-likeness (QED) is 0.175. The molecule has 0 atom stereocenters. The van der Waals surface area contributed by atoms with Gasteiger partial charge in [-0.2, -0.15) is 0 Å². The molecule has 0 radical (unpaired) electrons. The number of anilines is 9. The average Bonchev–Trinajstić information content (AvgIpc) is 3.20. The Morgan fingerprint density at radius 1 is 0.431 bits per heavy atom. The molecule has 4 heterocycles. The zero-order valence-corrected chi connectivity index (χ0v) is 28.2. The maximum Gasteiger partial charge on any atom is 0.249 e. The van der Waals surface area contributed by atoms with E-state index in [2.05, 4.69) is 166 Å². The third-order valence-electron chi connectivity index (χ3n) is 10.3. The molecule has 0 unspecified atom stereocenters. The molecule has 5 nitrogen and oxygen atoms in total. The van der Waals surface area contributed by atoms with Gasteiger partial charge >= 0.3 is 0 Å². The molecule has 0 spiro atoms. The molecule has 0 aliphatic carbocycles. The minimum Gasteiger partial charge on any atom is -0.309 e. The van der Waals surface area contributed by atoms with E-state index >= 15 is 0 Å². The van der Waals surface area contributed by atoms with Gasteiger partial charge in [0, 0.05) is 39.2 Å². The Morgan fingerprint density at radius 3 is 1.78 bits per heavy atom. The van der Waals surface area contributed by atoms with Crippen LogP contribution in [0.25, 0.3) is 11.0 Å². The molecule has 0 N–H and O–H groups in total. The lowest BCUT2D eigenvalue weighted by Gasteiger charge is -2.47.